The van der Waals surface area contributed by atoms with Crippen LogP contribution in [0.15, 0.2) is 0 Å². The van der Waals surface area contributed by atoms with Crippen LogP contribution in [0.4, 0.5) is 0 Å². The fourth-order valence-electron chi connectivity index (χ4n) is 3.41. The third kappa shape index (κ3) is 3.94. The maximum Gasteiger partial charge on any atom is 0.0107 e. The highest BCUT2D eigenvalue weighted by Crippen LogP contribution is 2.25. The first-order chi connectivity index (χ1) is 8.29. The van der Waals surface area contributed by atoms with Crippen molar-refractivity contribution >= 4 is 0 Å². The van der Waals surface area contributed by atoms with Crippen LogP contribution in [0.2, 0.25) is 0 Å². The molecule has 2 fully saturated rings. The Morgan fingerprint density at radius 3 is 2.65 bits per heavy atom. The fourth-order valence-corrected chi connectivity index (χ4v) is 3.41. The molecule has 0 spiro atoms. The zero-order valence-corrected chi connectivity index (χ0v) is 11.3. The molecule has 0 bridgehead atoms. The minimum atomic E-state index is 0.714. The SMILES string of the molecule is CN1CCC(CCNC2CCCC2CN)CC1. The summed E-state index contributed by atoms with van der Waals surface area (Å²) in [5.41, 5.74) is 5.81. The number of nitrogens with zero attached hydrogens (tertiary/aromatic N) is 1. The Morgan fingerprint density at radius 2 is 1.94 bits per heavy atom. The highest BCUT2D eigenvalue weighted by molar-refractivity contribution is 4.84. The molecule has 0 aromatic heterocycles. The molecule has 100 valence electrons. The first-order valence-electron chi connectivity index (χ1n) is 7.41. The Balaban J connectivity index is 1.59. The molecule has 1 heterocycles. The van der Waals surface area contributed by atoms with Crippen molar-refractivity contribution in [3.63, 3.8) is 0 Å². The molecule has 2 aliphatic rings. The van der Waals surface area contributed by atoms with E-state index in [1.54, 1.807) is 0 Å². The summed E-state index contributed by atoms with van der Waals surface area (Å²) in [5.74, 6) is 1.70. The van der Waals surface area contributed by atoms with Crippen molar-refractivity contribution in [1.82, 2.24) is 10.2 Å². The summed E-state index contributed by atoms with van der Waals surface area (Å²) in [6.45, 7) is 4.65. The van der Waals surface area contributed by atoms with Crippen molar-refractivity contribution in [2.45, 2.75) is 44.6 Å². The second-order valence-corrected chi connectivity index (χ2v) is 6.02. The first kappa shape index (κ1) is 13.3. The van der Waals surface area contributed by atoms with E-state index >= 15 is 0 Å². The molecule has 3 heteroatoms. The largest absolute Gasteiger partial charge is 0.330 e. The van der Waals surface area contributed by atoms with E-state index < -0.39 is 0 Å². The van der Waals surface area contributed by atoms with Crippen LogP contribution in [-0.4, -0.2) is 44.2 Å². The molecular formula is C14H29N3. The van der Waals surface area contributed by atoms with E-state index in [4.69, 9.17) is 5.73 Å². The predicted molar refractivity (Wildman–Crippen MR) is 73.0 cm³/mol. The normalized spacial score (nSPS) is 32.1. The van der Waals surface area contributed by atoms with E-state index in [0.717, 1.165) is 18.4 Å². The van der Waals surface area contributed by atoms with Crippen LogP contribution in [0, 0.1) is 11.8 Å². The van der Waals surface area contributed by atoms with Crippen molar-refractivity contribution in [2.75, 3.05) is 33.2 Å². The monoisotopic (exact) mass is 239 g/mol. The number of nitrogens with two attached hydrogens (primary N) is 1. The lowest BCUT2D eigenvalue weighted by atomic mass is 9.93. The zero-order valence-electron chi connectivity index (χ0n) is 11.3. The summed E-state index contributed by atoms with van der Waals surface area (Å²) < 4.78 is 0. The van der Waals surface area contributed by atoms with Crippen molar-refractivity contribution in [3.8, 4) is 0 Å². The van der Waals surface area contributed by atoms with Crippen molar-refractivity contribution in [1.29, 1.82) is 0 Å². The Labute approximate surface area is 106 Å². The summed E-state index contributed by atoms with van der Waals surface area (Å²) in [7, 11) is 2.23. The standard InChI is InChI=1S/C14H29N3/c1-17-9-6-12(7-10-17)5-8-16-14-4-2-3-13(14)11-15/h12-14,16H,2-11,15H2,1H3. The lowest BCUT2D eigenvalue weighted by Crippen LogP contribution is -2.38. The third-order valence-electron chi connectivity index (χ3n) is 4.76. The van der Waals surface area contributed by atoms with Crippen LogP contribution in [0.1, 0.15) is 38.5 Å². The van der Waals surface area contributed by atoms with E-state index in [1.807, 2.05) is 0 Å². The zero-order chi connectivity index (χ0) is 12.1. The third-order valence-corrected chi connectivity index (χ3v) is 4.76. The quantitative estimate of drug-likeness (QED) is 0.763. The molecule has 0 radical (unpaired) electrons. The van der Waals surface area contributed by atoms with Gasteiger partial charge in [-0.25, -0.2) is 0 Å². The van der Waals surface area contributed by atoms with Crippen molar-refractivity contribution in [3.05, 3.63) is 0 Å². The number of hydrogen-bond donors (Lipinski definition) is 2. The lowest BCUT2D eigenvalue weighted by Gasteiger charge is -2.29. The summed E-state index contributed by atoms with van der Waals surface area (Å²) in [5, 5.41) is 3.75. The van der Waals surface area contributed by atoms with Gasteiger partial charge in [0.25, 0.3) is 0 Å². The van der Waals surface area contributed by atoms with E-state index in [2.05, 4.69) is 17.3 Å². The molecule has 2 atom stereocenters. The van der Waals surface area contributed by atoms with E-state index in [0.29, 0.717) is 6.04 Å². The van der Waals surface area contributed by atoms with Gasteiger partial charge in [0.05, 0.1) is 0 Å². The molecule has 3 N–H and O–H groups in total. The smallest absolute Gasteiger partial charge is 0.0107 e. The van der Waals surface area contributed by atoms with Gasteiger partial charge < -0.3 is 16.0 Å². The van der Waals surface area contributed by atoms with Crippen molar-refractivity contribution in [2.24, 2.45) is 17.6 Å². The average Bonchev–Trinajstić information content (AvgIpc) is 2.79. The van der Waals surface area contributed by atoms with Gasteiger partial charge in [-0.05, 0) is 77.2 Å². The number of rotatable bonds is 5. The van der Waals surface area contributed by atoms with Gasteiger partial charge in [0.1, 0.15) is 0 Å². The molecule has 1 aliphatic heterocycles. The molecule has 0 aromatic carbocycles. The molecule has 0 amide bonds. The molecule has 0 aromatic rings. The minimum Gasteiger partial charge on any atom is -0.330 e. The number of nitrogens with one attached hydrogen (secondary N) is 1. The Morgan fingerprint density at radius 1 is 1.18 bits per heavy atom. The van der Waals surface area contributed by atoms with Crippen LogP contribution in [0.3, 0.4) is 0 Å². The van der Waals surface area contributed by atoms with Crippen LogP contribution >= 0.6 is 0 Å². The highest BCUT2D eigenvalue weighted by atomic mass is 15.1. The minimum absolute atomic E-state index is 0.714. The summed E-state index contributed by atoms with van der Waals surface area (Å²) in [4.78, 5) is 2.45. The maximum atomic E-state index is 5.81. The van der Waals surface area contributed by atoms with Gasteiger partial charge in [0.2, 0.25) is 0 Å². The molecule has 1 saturated heterocycles. The summed E-state index contributed by atoms with van der Waals surface area (Å²) >= 11 is 0. The molecule has 2 unspecified atom stereocenters. The van der Waals surface area contributed by atoms with Gasteiger partial charge in [-0.2, -0.15) is 0 Å². The van der Waals surface area contributed by atoms with E-state index in [-0.39, 0.29) is 0 Å². The second-order valence-electron chi connectivity index (χ2n) is 6.02. The Hall–Kier alpha value is -0.120. The Bertz CT molecular complexity index is 212. The van der Waals surface area contributed by atoms with Crippen LogP contribution in [0.5, 0.6) is 0 Å². The molecule has 1 aliphatic carbocycles. The first-order valence-corrected chi connectivity index (χ1v) is 7.41. The van der Waals surface area contributed by atoms with Crippen LogP contribution < -0.4 is 11.1 Å². The second kappa shape index (κ2) is 6.72. The number of hydrogen-bond acceptors (Lipinski definition) is 3. The summed E-state index contributed by atoms with van der Waals surface area (Å²) in [6, 6.07) is 0.714. The van der Waals surface area contributed by atoms with Gasteiger partial charge in [-0.15, -0.1) is 0 Å². The topological polar surface area (TPSA) is 41.3 Å². The van der Waals surface area contributed by atoms with Crippen LogP contribution in [0.25, 0.3) is 0 Å². The van der Waals surface area contributed by atoms with Gasteiger partial charge in [-0.1, -0.05) is 6.42 Å². The molecular weight excluding hydrogens is 210 g/mol. The lowest BCUT2D eigenvalue weighted by molar-refractivity contribution is 0.209. The fraction of sp³-hybridized carbons (Fsp3) is 1.00. The Kier molecular flexibility index (Phi) is 5.26. The number of piperidine rings is 1. The van der Waals surface area contributed by atoms with Crippen LogP contribution in [-0.2, 0) is 0 Å². The van der Waals surface area contributed by atoms with Gasteiger partial charge in [0.15, 0.2) is 0 Å². The van der Waals surface area contributed by atoms with E-state index in [1.165, 1.54) is 58.2 Å². The molecule has 17 heavy (non-hydrogen) atoms. The molecule has 2 rings (SSSR count). The van der Waals surface area contributed by atoms with Gasteiger partial charge in [-0.3, -0.25) is 0 Å². The predicted octanol–water partition coefficient (Wildman–Crippen LogP) is 1.44. The number of likely N-dealkylation sites (tertiary alicyclic amines) is 1. The van der Waals surface area contributed by atoms with Gasteiger partial charge >= 0.3 is 0 Å². The average molecular weight is 239 g/mol. The van der Waals surface area contributed by atoms with Gasteiger partial charge in [0, 0.05) is 6.04 Å². The highest BCUT2D eigenvalue weighted by Gasteiger charge is 2.25. The molecule has 1 saturated carbocycles. The molecule has 3 nitrogen and oxygen atoms in total. The van der Waals surface area contributed by atoms with E-state index in [9.17, 15) is 0 Å². The maximum absolute atomic E-state index is 5.81. The van der Waals surface area contributed by atoms with Crippen molar-refractivity contribution < 1.29 is 0 Å². The summed E-state index contributed by atoms with van der Waals surface area (Å²) in [6.07, 6.45) is 8.19.